The smallest absolute Gasteiger partial charge is 0.223 e. The van der Waals surface area contributed by atoms with Crippen LogP contribution in [0.2, 0.25) is 0 Å². The SMILES string of the molecule is CCC1CCC(C(=O)NCCOCCOCCCCCCCl)CC1. The fourth-order valence-corrected chi connectivity index (χ4v) is 3.39. The molecule has 5 heteroatoms. The number of carbonyl (C=O) groups excluding carboxylic acids is 1. The number of hydrogen-bond acceptors (Lipinski definition) is 3. The van der Waals surface area contributed by atoms with Crippen molar-refractivity contribution in [1.29, 1.82) is 0 Å². The zero-order valence-electron chi connectivity index (χ0n) is 15.4. The van der Waals surface area contributed by atoms with E-state index in [1.807, 2.05) is 0 Å². The molecule has 0 radical (unpaired) electrons. The summed E-state index contributed by atoms with van der Waals surface area (Å²) in [5, 5.41) is 3.00. The van der Waals surface area contributed by atoms with Crippen LogP contribution in [0.25, 0.3) is 0 Å². The second-order valence-corrected chi connectivity index (χ2v) is 7.12. The molecule has 0 saturated heterocycles. The van der Waals surface area contributed by atoms with E-state index < -0.39 is 0 Å². The van der Waals surface area contributed by atoms with Crippen LogP contribution in [-0.4, -0.2) is 44.8 Å². The normalized spacial score (nSPS) is 20.9. The van der Waals surface area contributed by atoms with Crippen molar-refractivity contribution in [2.45, 2.75) is 64.7 Å². The molecule has 0 bridgehead atoms. The number of carbonyl (C=O) groups is 1. The van der Waals surface area contributed by atoms with Gasteiger partial charge in [-0.05, 0) is 44.4 Å². The summed E-state index contributed by atoms with van der Waals surface area (Å²) in [6, 6.07) is 0. The minimum absolute atomic E-state index is 0.210. The van der Waals surface area contributed by atoms with Crippen LogP contribution in [-0.2, 0) is 14.3 Å². The second-order valence-electron chi connectivity index (χ2n) is 6.74. The van der Waals surface area contributed by atoms with Gasteiger partial charge in [-0.25, -0.2) is 0 Å². The molecule has 0 aliphatic heterocycles. The molecule has 24 heavy (non-hydrogen) atoms. The molecule has 1 amide bonds. The Kier molecular flexibility index (Phi) is 13.6. The van der Waals surface area contributed by atoms with E-state index in [4.69, 9.17) is 21.1 Å². The van der Waals surface area contributed by atoms with E-state index in [1.165, 1.54) is 32.1 Å². The molecule has 0 aromatic carbocycles. The summed E-state index contributed by atoms with van der Waals surface area (Å²) >= 11 is 5.63. The number of ether oxygens (including phenoxy) is 2. The zero-order chi connectivity index (χ0) is 17.5. The fraction of sp³-hybridized carbons (Fsp3) is 0.947. The fourth-order valence-electron chi connectivity index (χ4n) is 3.20. The van der Waals surface area contributed by atoms with E-state index in [2.05, 4.69) is 12.2 Å². The molecule has 0 unspecified atom stereocenters. The highest BCUT2D eigenvalue weighted by atomic mass is 35.5. The van der Waals surface area contributed by atoms with Crippen molar-refractivity contribution < 1.29 is 14.3 Å². The monoisotopic (exact) mass is 361 g/mol. The Morgan fingerprint density at radius 1 is 0.958 bits per heavy atom. The lowest BCUT2D eigenvalue weighted by molar-refractivity contribution is -0.126. The molecule has 142 valence electrons. The molecular weight excluding hydrogens is 326 g/mol. The van der Waals surface area contributed by atoms with Crippen molar-refractivity contribution in [3.05, 3.63) is 0 Å². The molecule has 1 rings (SSSR count). The van der Waals surface area contributed by atoms with E-state index >= 15 is 0 Å². The van der Waals surface area contributed by atoms with Gasteiger partial charge >= 0.3 is 0 Å². The summed E-state index contributed by atoms with van der Waals surface area (Å²) < 4.78 is 11.0. The van der Waals surface area contributed by atoms with Crippen LogP contribution in [0.1, 0.15) is 64.7 Å². The molecule has 1 fully saturated rings. The lowest BCUT2D eigenvalue weighted by Crippen LogP contribution is -2.35. The topological polar surface area (TPSA) is 47.6 Å². The van der Waals surface area contributed by atoms with Gasteiger partial charge in [0.05, 0.1) is 19.8 Å². The number of hydrogen-bond donors (Lipinski definition) is 1. The molecule has 1 saturated carbocycles. The average molecular weight is 362 g/mol. The van der Waals surface area contributed by atoms with E-state index in [1.54, 1.807) is 0 Å². The van der Waals surface area contributed by atoms with E-state index in [0.29, 0.717) is 26.4 Å². The van der Waals surface area contributed by atoms with Gasteiger partial charge in [0.2, 0.25) is 5.91 Å². The number of alkyl halides is 1. The quantitative estimate of drug-likeness (QED) is 0.373. The summed E-state index contributed by atoms with van der Waals surface area (Å²) in [7, 11) is 0. The maximum absolute atomic E-state index is 12.1. The standard InChI is InChI=1S/C19H36ClNO3/c1-2-17-7-9-18(10-8-17)19(22)21-12-14-24-16-15-23-13-6-4-3-5-11-20/h17-18H,2-16H2,1H3,(H,21,22). The van der Waals surface area contributed by atoms with Crippen molar-refractivity contribution >= 4 is 17.5 Å². The molecule has 0 aromatic rings. The molecule has 4 nitrogen and oxygen atoms in total. The van der Waals surface area contributed by atoms with Crippen molar-refractivity contribution in [3.63, 3.8) is 0 Å². The van der Waals surface area contributed by atoms with Gasteiger partial charge in [0.25, 0.3) is 0 Å². The Balaban J connectivity index is 1.84. The predicted octanol–water partition coefficient (Wildman–Crippen LogP) is 4.15. The highest BCUT2D eigenvalue weighted by molar-refractivity contribution is 6.17. The molecule has 1 N–H and O–H groups in total. The largest absolute Gasteiger partial charge is 0.379 e. The van der Waals surface area contributed by atoms with Gasteiger partial charge in [-0.3, -0.25) is 4.79 Å². The first-order valence-corrected chi connectivity index (χ1v) is 10.3. The summed E-state index contributed by atoms with van der Waals surface area (Å²) in [5.74, 6) is 2.01. The van der Waals surface area contributed by atoms with Crippen LogP contribution < -0.4 is 5.32 Å². The van der Waals surface area contributed by atoms with Gasteiger partial charge in [-0.1, -0.05) is 26.2 Å². The maximum atomic E-state index is 12.1. The van der Waals surface area contributed by atoms with Crippen molar-refractivity contribution in [2.24, 2.45) is 11.8 Å². The van der Waals surface area contributed by atoms with Crippen LogP contribution in [0, 0.1) is 11.8 Å². The third kappa shape index (κ3) is 10.5. The van der Waals surface area contributed by atoms with Gasteiger partial charge in [0.1, 0.15) is 0 Å². The first-order chi connectivity index (χ1) is 11.8. The van der Waals surface area contributed by atoms with Gasteiger partial charge in [-0.15, -0.1) is 11.6 Å². The zero-order valence-corrected chi connectivity index (χ0v) is 16.1. The van der Waals surface area contributed by atoms with Crippen LogP contribution in [0.4, 0.5) is 0 Å². The molecule has 0 atom stereocenters. The van der Waals surface area contributed by atoms with Gasteiger partial charge in [0.15, 0.2) is 0 Å². The lowest BCUT2D eigenvalue weighted by atomic mass is 9.80. The Bertz CT molecular complexity index is 307. The van der Waals surface area contributed by atoms with Crippen LogP contribution in [0.5, 0.6) is 0 Å². The third-order valence-electron chi connectivity index (χ3n) is 4.88. The minimum atomic E-state index is 0.210. The van der Waals surface area contributed by atoms with E-state index in [9.17, 15) is 4.79 Å². The van der Waals surface area contributed by atoms with Gasteiger partial charge in [0, 0.05) is 24.9 Å². The first kappa shape index (κ1) is 21.7. The number of nitrogens with one attached hydrogen (secondary N) is 1. The van der Waals surface area contributed by atoms with Crippen molar-refractivity contribution in [2.75, 3.05) is 38.9 Å². The van der Waals surface area contributed by atoms with Crippen molar-refractivity contribution in [3.8, 4) is 0 Å². The van der Waals surface area contributed by atoms with Crippen LogP contribution in [0.3, 0.4) is 0 Å². The highest BCUT2D eigenvalue weighted by Crippen LogP contribution is 2.30. The summed E-state index contributed by atoms with van der Waals surface area (Å²) in [6.07, 6.45) is 10.3. The Morgan fingerprint density at radius 3 is 2.29 bits per heavy atom. The van der Waals surface area contributed by atoms with Gasteiger partial charge in [-0.2, -0.15) is 0 Å². The number of halogens is 1. The lowest BCUT2D eigenvalue weighted by Gasteiger charge is -2.26. The molecule has 0 heterocycles. The Hall–Kier alpha value is -0.320. The Morgan fingerprint density at radius 2 is 1.62 bits per heavy atom. The number of unbranched alkanes of at least 4 members (excludes halogenated alkanes) is 3. The molecular formula is C19H36ClNO3. The molecule has 0 spiro atoms. The van der Waals surface area contributed by atoms with E-state index in [-0.39, 0.29) is 11.8 Å². The van der Waals surface area contributed by atoms with Gasteiger partial charge < -0.3 is 14.8 Å². The molecule has 1 aliphatic carbocycles. The third-order valence-corrected chi connectivity index (χ3v) is 5.15. The van der Waals surface area contributed by atoms with E-state index in [0.717, 1.165) is 44.1 Å². The highest BCUT2D eigenvalue weighted by Gasteiger charge is 2.24. The van der Waals surface area contributed by atoms with Crippen molar-refractivity contribution in [1.82, 2.24) is 5.32 Å². The second kappa shape index (κ2) is 15.0. The van der Waals surface area contributed by atoms with Crippen LogP contribution >= 0.6 is 11.6 Å². The predicted molar refractivity (Wildman–Crippen MR) is 99.6 cm³/mol. The maximum Gasteiger partial charge on any atom is 0.223 e. The number of amides is 1. The molecule has 1 aliphatic rings. The summed E-state index contributed by atoms with van der Waals surface area (Å²) in [6.45, 7) is 5.43. The summed E-state index contributed by atoms with van der Waals surface area (Å²) in [5.41, 5.74) is 0. The number of rotatable bonds is 14. The minimum Gasteiger partial charge on any atom is -0.379 e. The summed E-state index contributed by atoms with van der Waals surface area (Å²) in [4.78, 5) is 12.1. The molecule has 0 aromatic heterocycles. The first-order valence-electron chi connectivity index (χ1n) is 9.77. The van der Waals surface area contributed by atoms with Crippen LogP contribution in [0.15, 0.2) is 0 Å². The average Bonchev–Trinajstić information content (AvgIpc) is 2.62. The Labute approximate surface area is 153 Å².